The van der Waals surface area contributed by atoms with E-state index >= 15 is 0 Å². The van der Waals surface area contributed by atoms with Crippen LogP contribution in [0.2, 0.25) is 0 Å². The molecule has 5 heteroatoms. The van der Waals surface area contributed by atoms with Crippen LogP contribution in [0.5, 0.6) is 0 Å². The van der Waals surface area contributed by atoms with Gasteiger partial charge in [0.2, 0.25) is 0 Å². The molecule has 2 unspecified atom stereocenters. The quantitative estimate of drug-likeness (QED) is 0.542. The van der Waals surface area contributed by atoms with E-state index in [2.05, 4.69) is 0 Å². The zero-order chi connectivity index (χ0) is 12.3. The maximum absolute atomic E-state index is 5.74. The molecular formula is C12H24O4Si. The van der Waals surface area contributed by atoms with Crippen molar-refractivity contribution in [3.8, 4) is 0 Å². The number of epoxide rings is 1. The van der Waals surface area contributed by atoms with Gasteiger partial charge in [-0.2, -0.15) is 0 Å². The van der Waals surface area contributed by atoms with Crippen LogP contribution in [0.25, 0.3) is 0 Å². The summed E-state index contributed by atoms with van der Waals surface area (Å²) >= 11 is 0. The highest BCUT2D eigenvalue weighted by molar-refractivity contribution is 6.63. The monoisotopic (exact) mass is 260 g/mol. The van der Waals surface area contributed by atoms with Crippen molar-refractivity contribution >= 4 is 8.80 Å². The Labute approximate surface area is 105 Å². The molecule has 0 radical (unpaired) electrons. The number of ether oxygens (including phenoxy) is 1. The van der Waals surface area contributed by atoms with E-state index in [0.717, 1.165) is 12.3 Å². The summed E-state index contributed by atoms with van der Waals surface area (Å²) in [5, 5.41) is 0. The molecule has 1 saturated carbocycles. The molecule has 2 fully saturated rings. The van der Waals surface area contributed by atoms with Gasteiger partial charge in [0.25, 0.3) is 0 Å². The largest absolute Gasteiger partial charge is 0.533 e. The third-order valence-electron chi connectivity index (χ3n) is 4.07. The van der Waals surface area contributed by atoms with E-state index in [1.165, 1.54) is 32.1 Å². The van der Waals surface area contributed by atoms with Crippen LogP contribution in [0.4, 0.5) is 0 Å². The Morgan fingerprint density at radius 2 is 1.59 bits per heavy atom. The zero-order valence-electron chi connectivity index (χ0n) is 11.1. The third kappa shape index (κ3) is 2.90. The second-order valence-electron chi connectivity index (χ2n) is 5.05. The lowest BCUT2D eigenvalue weighted by Crippen LogP contribution is -2.50. The molecule has 2 rings (SSSR count). The minimum atomic E-state index is -2.55. The fourth-order valence-electron chi connectivity index (χ4n) is 2.98. The average Bonchev–Trinajstić information content (AvgIpc) is 3.13. The third-order valence-corrected chi connectivity index (χ3v) is 6.99. The molecule has 2 atom stereocenters. The van der Waals surface area contributed by atoms with Crippen LogP contribution in [0.15, 0.2) is 0 Å². The van der Waals surface area contributed by atoms with Crippen molar-refractivity contribution in [3.63, 3.8) is 0 Å². The highest BCUT2D eigenvalue weighted by Gasteiger charge is 2.62. The van der Waals surface area contributed by atoms with Gasteiger partial charge in [0, 0.05) is 21.3 Å². The van der Waals surface area contributed by atoms with Crippen LogP contribution in [0.3, 0.4) is 0 Å². The van der Waals surface area contributed by atoms with E-state index < -0.39 is 8.80 Å². The minimum Gasteiger partial charge on any atom is -0.375 e. The van der Waals surface area contributed by atoms with E-state index in [4.69, 9.17) is 18.0 Å². The van der Waals surface area contributed by atoms with E-state index in [0.29, 0.717) is 6.10 Å². The highest BCUT2D eigenvalue weighted by Crippen LogP contribution is 2.39. The van der Waals surface area contributed by atoms with Crippen LogP contribution in [-0.2, 0) is 18.0 Å². The van der Waals surface area contributed by atoms with Crippen molar-refractivity contribution in [3.05, 3.63) is 0 Å². The lowest BCUT2D eigenvalue weighted by Gasteiger charge is -2.23. The number of hydrogen-bond acceptors (Lipinski definition) is 4. The molecule has 0 spiro atoms. The molecule has 0 aromatic rings. The van der Waals surface area contributed by atoms with Crippen molar-refractivity contribution < 1.29 is 18.0 Å². The molecule has 1 aliphatic carbocycles. The van der Waals surface area contributed by atoms with Gasteiger partial charge in [0.05, 0.1) is 6.10 Å². The first kappa shape index (κ1) is 13.5. The molecule has 0 aromatic heterocycles. The van der Waals surface area contributed by atoms with Crippen LogP contribution in [0, 0.1) is 5.92 Å². The smallest absolute Gasteiger partial charge is 0.375 e. The summed E-state index contributed by atoms with van der Waals surface area (Å²) in [4.78, 5) is 0. The van der Waals surface area contributed by atoms with Crippen LogP contribution < -0.4 is 0 Å². The fraction of sp³-hybridized carbons (Fsp3) is 1.00. The molecule has 0 N–H and O–H groups in total. The van der Waals surface area contributed by atoms with Gasteiger partial charge >= 0.3 is 8.80 Å². The first-order valence-corrected chi connectivity index (χ1v) is 8.37. The Hall–Kier alpha value is 0.0569. The van der Waals surface area contributed by atoms with Gasteiger partial charge in [-0.25, -0.2) is 0 Å². The molecule has 0 bridgehead atoms. The molecule has 0 aromatic carbocycles. The topological polar surface area (TPSA) is 40.2 Å². The van der Waals surface area contributed by atoms with Crippen LogP contribution >= 0.6 is 0 Å². The van der Waals surface area contributed by atoms with E-state index in [1.54, 1.807) is 21.3 Å². The molecule has 0 amide bonds. The Kier molecular flexibility index (Phi) is 4.60. The van der Waals surface area contributed by atoms with E-state index in [9.17, 15) is 0 Å². The second kappa shape index (κ2) is 5.80. The van der Waals surface area contributed by atoms with Crippen molar-refractivity contribution in [2.24, 2.45) is 5.92 Å². The molecule has 100 valence electrons. The summed E-state index contributed by atoms with van der Waals surface area (Å²) in [5.74, 6) is 0.830. The van der Waals surface area contributed by atoms with Gasteiger partial charge in [-0.05, 0) is 12.3 Å². The predicted molar refractivity (Wildman–Crippen MR) is 66.6 cm³/mol. The van der Waals surface area contributed by atoms with Crippen molar-refractivity contribution in [2.45, 2.75) is 50.4 Å². The first-order valence-electron chi connectivity index (χ1n) is 6.56. The van der Waals surface area contributed by atoms with Crippen molar-refractivity contribution in [1.29, 1.82) is 0 Å². The summed E-state index contributed by atoms with van der Waals surface area (Å²) in [6.45, 7) is 0. The van der Waals surface area contributed by atoms with Gasteiger partial charge in [-0.15, -0.1) is 0 Å². The van der Waals surface area contributed by atoms with Gasteiger partial charge in [0.1, 0.15) is 0 Å². The standard InChI is InChI=1S/C12H24O4Si/c1-13-17(14-2,15-3)12-11(16-12)9-10-7-5-4-6-8-10/h10-12H,4-9H2,1-3H3. The maximum atomic E-state index is 5.74. The molecule has 1 saturated heterocycles. The second-order valence-corrected chi connectivity index (χ2v) is 8.05. The Morgan fingerprint density at radius 3 is 2.12 bits per heavy atom. The van der Waals surface area contributed by atoms with Crippen LogP contribution in [-0.4, -0.2) is 42.0 Å². The SMILES string of the molecule is CO[Si](OC)(OC)C1OC1CC1CCCCC1. The zero-order valence-corrected chi connectivity index (χ0v) is 12.1. The summed E-state index contributed by atoms with van der Waals surface area (Å²) in [6, 6.07) is 0. The normalized spacial score (nSPS) is 30.5. The molecule has 4 nitrogen and oxygen atoms in total. The van der Waals surface area contributed by atoms with Gasteiger partial charge in [-0.1, -0.05) is 32.1 Å². The Balaban J connectivity index is 1.82. The average molecular weight is 260 g/mol. The van der Waals surface area contributed by atoms with Crippen LogP contribution in [0.1, 0.15) is 38.5 Å². The van der Waals surface area contributed by atoms with Gasteiger partial charge < -0.3 is 18.0 Å². The lowest BCUT2D eigenvalue weighted by molar-refractivity contribution is 0.110. The van der Waals surface area contributed by atoms with E-state index in [1.807, 2.05) is 0 Å². The number of hydrogen-bond donors (Lipinski definition) is 0. The summed E-state index contributed by atoms with van der Waals surface area (Å²) < 4.78 is 22.1. The Morgan fingerprint density at radius 1 is 1.00 bits per heavy atom. The minimum absolute atomic E-state index is 0.0597. The number of rotatable bonds is 6. The van der Waals surface area contributed by atoms with Crippen molar-refractivity contribution in [1.82, 2.24) is 0 Å². The molecule has 1 aliphatic heterocycles. The van der Waals surface area contributed by atoms with Crippen molar-refractivity contribution in [2.75, 3.05) is 21.3 Å². The molecular weight excluding hydrogens is 236 g/mol. The molecule has 1 heterocycles. The first-order chi connectivity index (χ1) is 8.25. The highest BCUT2D eigenvalue weighted by atomic mass is 28.4. The lowest BCUT2D eigenvalue weighted by atomic mass is 9.86. The fourth-order valence-corrected chi connectivity index (χ4v) is 5.11. The summed E-state index contributed by atoms with van der Waals surface area (Å²) in [7, 11) is 2.40. The summed E-state index contributed by atoms with van der Waals surface area (Å²) in [5.41, 5.74) is 0.0597. The maximum Gasteiger partial charge on any atom is 0.533 e. The predicted octanol–water partition coefficient (Wildman–Crippen LogP) is 2.14. The van der Waals surface area contributed by atoms with Gasteiger partial charge in [0.15, 0.2) is 5.73 Å². The molecule has 2 aliphatic rings. The van der Waals surface area contributed by atoms with E-state index in [-0.39, 0.29) is 5.73 Å². The summed E-state index contributed by atoms with van der Waals surface area (Å²) in [6.07, 6.45) is 8.31. The van der Waals surface area contributed by atoms with Gasteiger partial charge in [-0.3, -0.25) is 0 Å². The Bertz CT molecular complexity index is 230. The molecule has 17 heavy (non-hydrogen) atoms.